The minimum atomic E-state index is -0.401. The molecule has 5 rings (SSSR count). The third-order valence-corrected chi connectivity index (χ3v) is 6.74. The van der Waals surface area contributed by atoms with Gasteiger partial charge in [-0.05, 0) is 28.2 Å². The number of thioether (sulfide) groups is 1. The largest absolute Gasteiger partial charge is 0.298 e. The first-order chi connectivity index (χ1) is 15.9. The molecule has 1 N–H and O–H groups in total. The number of nitrogens with one attached hydrogen (secondary N) is 1. The molecule has 0 saturated heterocycles. The fourth-order valence-electron chi connectivity index (χ4n) is 3.99. The number of fused-ring (bicyclic) bond motifs is 2. The standard InChI is InChI=1S/C27H26N4OS/c1-27(2,3)20-15-13-19(14-16-20)24-28-22-12-8-7-11-21(22)23-25(32)29-26(30-31(23)24)33-17-18-9-5-4-6-10-18/h4-16,24H,17H2,1-3H3,(H,29,30,32)/t24-/m0/s1. The first-order valence-electron chi connectivity index (χ1n) is 11.0. The highest BCUT2D eigenvalue weighted by Crippen LogP contribution is 2.32. The van der Waals surface area contributed by atoms with Gasteiger partial charge in [0.25, 0.3) is 5.91 Å². The van der Waals surface area contributed by atoms with E-state index < -0.39 is 6.17 Å². The third-order valence-electron chi connectivity index (χ3n) is 5.81. The number of carbonyl (C=O) groups excluding carboxylic acids is 1. The molecule has 1 amide bonds. The average molecular weight is 455 g/mol. The number of carbonyl (C=O) groups is 1. The van der Waals surface area contributed by atoms with Crippen molar-refractivity contribution in [3.63, 3.8) is 0 Å². The highest BCUT2D eigenvalue weighted by molar-refractivity contribution is 8.13. The lowest BCUT2D eigenvalue weighted by molar-refractivity contribution is -0.116. The van der Waals surface area contributed by atoms with Crippen LogP contribution in [0.3, 0.4) is 0 Å². The molecule has 0 spiro atoms. The van der Waals surface area contributed by atoms with E-state index in [4.69, 9.17) is 10.1 Å². The maximum absolute atomic E-state index is 13.2. The summed E-state index contributed by atoms with van der Waals surface area (Å²) in [4.78, 5) is 18.2. The van der Waals surface area contributed by atoms with E-state index in [1.165, 1.54) is 22.9 Å². The Balaban J connectivity index is 1.55. The molecule has 33 heavy (non-hydrogen) atoms. The van der Waals surface area contributed by atoms with E-state index in [-0.39, 0.29) is 11.3 Å². The summed E-state index contributed by atoms with van der Waals surface area (Å²) < 4.78 is 0. The van der Waals surface area contributed by atoms with E-state index in [9.17, 15) is 4.79 Å². The molecule has 2 aliphatic heterocycles. The van der Waals surface area contributed by atoms with E-state index in [2.05, 4.69) is 62.5 Å². The van der Waals surface area contributed by atoms with E-state index in [1.54, 1.807) is 5.01 Å². The number of amides is 1. The summed E-state index contributed by atoms with van der Waals surface area (Å²) in [5.41, 5.74) is 4.04. The molecule has 1 atom stereocenters. The van der Waals surface area contributed by atoms with Crippen LogP contribution in [-0.4, -0.2) is 16.1 Å². The zero-order valence-electron chi connectivity index (χ0n) is 18.9. The maximum atomic E-state index is 13.2. The van der Waals surface area contributed by atoms with Crippen LogP contribution in [0.2, 0.25) is 0 Å². The lowest BCUT2D eigenvalue weighted by atomic mass is 9.86. The van der Waals surface area contributed by atoms with Crippen LogP contribution in [0, 0.1) is 0 Å². The van der Waals surface area contributed by atoms with Crippen molar-refractivity contribution in [1.82, 2.24) is 10.3 Å². The van der Waals surface area contributed by atoms with Crippen molar-refractivity contribution in [1.29, 1.82) is 0 Å². The number of hydrazone groups is 1. The molecule has 0 unspecified atom stereocenters. The van der Waals surface area contributed by atoms with Gasteiger partial charge in [0.2, 0.25) is 0 Å². The van der Waals surface area contributed by atoms with Gasteiger partial charge in [-0.3, -0.25) is 15.1 Å². The molecule has 5 nitrogen and oxygen atoms in total. The Bertz CT molecular complexity index is 1340. The van der Waals surface area contributed by atoms with Crippen molar-refractivity contribution >= 4 is 28.5 Å². The zero-order chi connectivity index (χ0) is 23.0. The van der Waals surface area contributed by atoms with Crippen LogP contribution in [0.4, 0.5) is 0 Å². The molecule has 0 aromatic heterocycles. The number of rotatable bonds is 3. The Morgan fingerprint density at radius 1 is 0.939 bits per heavy atom. The molecule has 3 aromatic rings. The summed E-state index contributed by atoms with van der Waals surface area (Å²) in [7, 11) is 0. The zero-order valence-corrected chi connectivity index (χ0v) is 19.8. The highest BCUT2D eigenvalue weighted by Gasteiger charge is 2.34. The van der Waals surface area contributed by atoms with E-state index in [1.807, 2.05) is 42.5 Å². The number of benzene rings is 3. The quantitative estimate of drug-likeness (QED) is 0.649. The van der Waals surface area contributed by atoms with Gasteiger partial charge in [-0.2, -0.15) is 0 Å². The summed E-state index contributed by atoms with van der Waals surface area (Å²) in [6, 6.07) is 26.4. The number of amidine groups is 1. The molecule has 2 aliphatic rings. The predicted molar refractivity (Wildman–Crippen MR) is 134 cm³/mol. The van der Waals surface area contributed by atoms with Crippen LogP contribution >= 0.6 is 11.8 Å². The predicted octanol–water partition coefficient (Wildman–Crippen LogP) is 4.06. The SMILES string of the molecule is CC(C)(C)c1ccc([C@H]2N=c3ccccc3=C3C(=O)NC(SCc4ccccc4)=NN32)cc1. The van der Waals surface area contributed by atoms with Crippen LogP contribution in [0.25, 0.3) is 5.70 Å². The monoisotopic (exact) mass is 454 g/mol. The minimum absolute atomic E-state index is 0.0660. The van der Waals surface area contributed by atoms with Gasteiger partial charge < -0.3 is 0 Å². The molecular weight excluding hydrogens is 428 g/mol. The van der Waals surface area contributed by atoms with Gasteiger partial charge in [-0.25, -0.2) is 5.01 Å². The Kier molecular flexibility index (Phi) is 5.54. The first kappa shape index (κ1) is 21.5. The molecule has 0 saturated carbocycles. The molecule has 0 radical (unpaired) electrons. The Labute approximate surface area is 197 Å². The van der Waals surface area contributed by atoms with Crippen molar-refractivity contribution in [3.05, 3.63) is 106 Å². The second kappa shape index (κ2) is 8.52. The van der Waals surface area contributed by atoms with Gasteiger partial charge in [0, 0.05) is 11.0 Å². The third kappa shape index (κ3) is 4.31. The summed E-state index contributed by atoms with van der Waals surface area (Å²) in [5, 5.41) is 11.8. The Morgan fingerprint density at radius 2 is 1.64 bits per heavy atom. The van der Waals surface area contributed by atoms with Gasteiger partial charge in [-0.15, -0.1) is 5.10 Å². The fraction of sp³-hybridized carbons (Fsp3) is 0.222. The summed E-state index contributed by atoms with van der Waals surface area (Å²) in [6.45, 7) is 6.60. The topological polar surface area (TPSA) is 57.1 Å². The second-order valence-corrected chi connectivity index (χ2v) is 10.2. The number of hydrogen-bond donors (Lipinski definition) is 1. The van der Waals surface area contributed by atoms with Crippen molar-refractivity contribution in [2.45, 2.75) is 38.1 Å². The van der Waals surface area contributed by atoms with Crippen molar-refractivity contribution in [2.24, 2.45) is 10.1 Å². The first-order valence-corrected chi connectivity index (χ1v) is 12.0. The van der Waals surface area contributed by atoms with Crippen LogP contribution < -0.4 is 15.9 Å². The summed E-state index contributed by atoms with van der Waals surface area (Å²) >= 11 is 1.52. The molecule has 6 heteroatoms. The normalized spacial score (nSPS) is 17.5. The van der Waals surface area contributed by atoms with Gasteiger partial charge in [-0.1, -0.05) is 105 Å². The lowest BCUT2D eigenvalue weighted by Crippen LogP contribution is -2.50. The molecule has 3 aromatic carbocycles. The molecule has 2 heterocycles. The molecular formula is C27H26N4OS. The average Bonchev–Trinajstić information content (AvgIpc) is 2.82. The fourth-order valence-corrected chi connectivity index (χ4v) is 4.80. The van der Waals surface area contributed by atoms with E-state index in [0.717, 1.165) is 21.9 Å². The summed E-state index contributed by atoms with van der Waals surface area (Å²) in [6.07, 6.45) is -0.401. The van der Waals surface area contributed by atoms with Crippen LogP contribution in [-0.2, 0) is 16.0 Å². The van der Waals surface area contributed by atoms with Gasteiger partial charge >= 0.3 is 0 Å². The lowest BCUT2D eigenvalue weighted by Gasteiger charge is -2.34. The number of para-hydroxylation sites is 1. The molecule has 0 aliphatic carbocycles. The Morgan fingerprint density at radius 3 is 2.36 bits per heavy atom. The van der Waals surface area contributed by atoms with Crippen molar-refractivity contribution in [2.75, 3.05) is 0 Å². The van der Waals surface area contributed by atoms with Crippen molar-refractivity contribution in [3.8, 4) is 0 Å². The van der Waals surface area contributed by atoms with Gasteiger partial charge in [0.15, 0.2) is 11.3 Å². The maximum Gasteiger partial charge on any atom is 0.276 e. The van der Waals surface area contributed by atoms with E-state index in [0.29, 0.717) is 10.9 Å². The van der Waals surface area contributed by atoms with Crippen LogP contribution in [0.1, 0.15) is 43.6 Å². The van der Waals surface area contributed by atoms with Gasteiger partial charge in [0.1, 0.15) is 5.70 Å². The number of hydrogen-bond acceptors (Lipinski definition) is 5. The molecule has 0 fully saturated rings. The second-order valence-electron chi connectivity index (χ2n) is 9.22. The van der Waals surface area contributed by atoms with Crippen molar-refractivity contribution < 1.29 is 4.79 Å². The van der Waals surface area contributed by atoms with Crippen LogP contribution in [0.5, 0.6) is 0 Å². The Hall–Kier alpha value is -3.38. The van der Waals surface area contributed by atoms with E-state index >= 15 is 0 Å². The minimum Gasteiger partial charge on any atom is -0.298 e. The van der Waals surface area contributed by atoms with Crippen LogP contribution in [0.15, 0.2) is 89.0 Å². The smallest absolute Gasteiger partial charge is 0.276 e. The number of nitrogens with zero attached hydrogens (tertiary/aromatic N) is 3. The highest BCUT2D eigenvalue weighted by atomic mass is 32.2. The molecule has 166 valence electrons. The summed E-state index contributed by atoms with van der Waals surface area (Å²) in [5.74, 6) is 0.571. The molecule has 0 bridgehead atoms. The van der Waals surface area contributed by atoms with Gasteiger partial charge in [0.05, 0.1) is 5.36 Å².